The van der Waals surface area contributed by atoms with Gasteiger partial charge in [-0.3, -0.25) is 4.79 Å². The molecule has 2 aromatic rings. The van der Waals surface area contributed by atoms with Gasteiger partial charge in [0, 0.05) is 35.1 Å². The van der Waals surface area contributed by atoms with Crippen molar-refractivity contribution in [1.29, 1.82) is 0 Å². The normalized spacial score (nSPS) is 16.6. The summed E-state index contributed by atoms with van der Waals surface area (Å²) in [6.07, 6.45) is 4.17. The molecular formula is C21H26ClN3O3. The van der Waals surface area contributed by atoms with Gasteiger partial charge in [0.15, 0.2) is 6.61 Å². The Morgan fingerprint density at radius 2 is 2.21 bits per heavy atom. The fraction of sp³-hybridized carbons (Fsp3) is 0.429. The predicted molar refractivity (Wildman–Crippen MR) is 110 cm³/mol. The second-order valence-corrected chi connectivity index (χ2v) is 7.50. The minimum absolute atomic E-state index is 0.113. The Morgan fingerprint density at radius 1 is 1.39 bits per heavy atom. The summed E-state index contributed by atoms with van der Waals surface area (Å²) >= 11 is 5.92. The first kappa shape index (κ1) is 20.4. The van der Waals surface area contributed by atoms with Gasteiger partial charge in [-0.1, -0.05) is 11.6 Å². The molecule has 2 heterocycles. The molecule has 0 spiro atoms. The first-order valence-corrected chi connectivity index (χ1v) is 9.81. The molecule has 0 radical (unpaired) electrons. The van der Waals surface area contributed by atoms with E-state index in [4.69, 9.17) is 21.1 Å². The molecule has 1 aromatic heterocycles. The van der Waals surface area contributed by atoms with E-state index >= 15 is 0 Å². The minimum atomic E-state index is -0.321. The number of rotatable bonds is 7. The quantitative estimate of drug-likeness (QED) is 0.565. The van der Waals surface area contributed by atoms with Crippen LogP contribution in [0.2, 0.25) is 5.02 Å². The SMILES string of the molecule is Cc1cc(Cl)ccc1OCC(=O)N/N=C\c1cc(C)n(C[C@@H]2CCCO2)c1C. The maximum atomic E-state index is 12.0. The Morgan fingerprint density at radius 3 is 2.93 bits per heavy atom. The highest BCUT2D eigenvalue weighted by Gasteiger charge is 2.18. The van der Waals surface area contributed by atoms with E-state index in [1.165, 1.54) is 0 Å². The highest BCUT2D eigenvalue weighted by atomic mass is 35.5. The van der Waals surface area contributed by atoms with E-state index in [0.717, 1.165) is 48.5 Å². The number of hydrogen-bond acceptors (Lipinski definition) is 4. The lowest BCUT2D eigenvalue weighted by molar-refractivity contribution is -0.123. The third kappa shape index (κ3) is 5.14. The number of benzene rings is 1. The molecule has 1 aliphatic heterocycles. The number of carbonyl (C=O) groups is 1. The largest absolute Gasteiger partial charge is 0.483 e. The number of carbonyl (C=O) groups excluding carboxylic acids is 1. The first-order chi connectivity index (χ1) is 13.4. The van der Waals surface area contributed by atoms with Gasteiger partial charge in [-0.2, -0.15) is 5.10 Å². The molecule has 0 saturated carbocycles. The van der Waals surface area contributed by atoms with Crippen LogP contribution in [0.4, 0.5) is 0 Å². The highest BCUT2D eigenvalue weighted by Crippen LogP contribution is 2.22. The van der Waals surface area contributed by atoms with Gasteiger partial charge in [0.25, 0.3) is 5.91 Å². The van der Waals surface area contributed by atoms with E-state index in [1.807, 2.05) is 6.92 Å². The molecule has 3 rings (SSSR count). The maximum Gasteiger partial charge on any atom is 0.277 e. The van der Waals surface area contributed by atoms with Crippen LogP contribution in [-0.2, 0) is 16.1 Å². The van der Waals surface area contributed by atoms with E-state index in [1.54, 1.807) is 24.4 Å². The van der Waals surface area contributed by atoms with Crippen LogP contribution in [0.3, 0.4) is 0 Å². The molecule has 1 aliphatic rings. The molecule has 1 amide bonds. The second-order valence-electron chi connectivity index (χ2n) is 7.06. The van der Waals surface area contributed by atoms with Crippen molar-refractivity contribution in [3.8, 4) is 5.75 Å². The number of aryl methyl sites for hydroxylation is 2. The number of ether oxygens (including phenoxy) is 2. The fourth-order valence-electron chi connectivity index (χ4n) is 3.36. The number of amides is 1. The smallest absolute Gasteiger partial charge is 0.277 e. The topological polar surface area (TPSA) is 64.8 Å². The van der Waals surface area contributed by atoms with Crippen LogP contribution >= 0.6 is 11.6 Å². The third-order valence-corrected chi connectivity index (χ3v) is 5.15. The number of nitrogens with zero attached hydrogens (tertiary/aromatic N) is 2. The number of aromatic nitrogens is 1. The van der Waals surface area contributed by atoms with Crippen LogP contribution in [0, 0.1) is 20.8 Å². The number of nitrogens with one attached hydrogen (secondary N) is 1. The summed E-state index contributed by atoms with van der Waals surface area (Å²) in [5.41, 5.74) is 6.63. The molecule has 1 atom stereocenters. The summed E-state index contributed by atoms with van der Waals surface area (Å²) in [4.78, 5) is 12.0. The monoisotopic (exact) mass is 403 g/mol. The fourth-order valence-corrected chi connectivity index (χ4v) is 3.58. The van der Waals surface area contributed by atoms with Gasteiger partial charge in [-0.15, -0.1) is 0 Å². The van der Waals surface area contributed by atoms with Crippen molar-refractivity contribution in [1.82, 2.24) is 9.99 Å². The van der Waals surface area contributed by atoms with Gasteiger partial charge >= 0.3 is 0 Å². The van der Waals surface area contributed by atoms with Crippen molar-refractivity contribution in [2.45, 2.75) is 46.3 Å². The van der Waals surface area contributed by atoms with Crippen molar-refractivity contribution in [3.63, 3.8) is 0 Å². The number of halogens is 1. The Labute approximate surface area is 170 Å². The molecule has 7 heteroatoms. The number of hydrazone groups is 1. The zero-order valence-electron chi connectivity index (χ0n) is 16.5. The van der Waals surface area contributed by atoms with Crippen molar-refractivity contribution in [2.24, 2.45) is 5.10 Å². The molecule has 0 aliphatic carbocycles. The van der Waals surface area contributed by atoms with Crippen LogP contribution in [-0.4, -0.2) is 36.0 Å². The molecule has 0 unspecified atom stereocenters. The van der Waals surface area contributed by atoms with Crippen LogP contribution < -0.4 is 10.2 Å². The minimum Gasteiger partial charge on any atom is -0.483 e. The van der Waals surface area contributed by atoms with E-state index < -0.39 is 0 Å². The van der Waals surface area contributed by atoms with Gasteiger partial charge in [-0.25, -0.2) is 5.43 Å². The van der Waals surface area contributed by atoms with Crippen molar-refractivity contribution in [2.75, 3.05) is 13.2 Å². The Kier molecular flexibility index (Phi) is 6.75. The lowest BCUT2D eigenvalue weighted by atomic mass is 10.2. The van der Waals surface area contributed by atoms with Gasteiger partial charge < -0.3 is 14.0 Å². The third-order valence-electron chi connectivity index (χ3n) is 4.91. The summed E-state index contributed by atoms with van der Waals surface area (Å²) in [5.74, 6) is 0.306. The summed E-state index contributed by atoms with van der Waals surface area (Å²) in [6.45, 7) is 7.59. The van der Waals surface area contributed by atoms with Crippen LogP contribution in [0.1, 0.15) is 35.4 Å². The highest BCUT2D eigenvalue weighted by molar-refractivity contribution is 6.30. The van der Waals surface area contributed by atoms with Gasteiger partial charge in [0.1, 0.15) is 5.75 Å². The average molecular weight is 404 g/mol. The van der Waals surface area contributed by atoms with Gasteiger partial charge in [-0.05, 0) is 63.4 Å². The molecular weight excluding hydrogens is 378 g/mol. The Bertz CT molecular complexity index is 870. The van der Waals surface area contributed by atoms with Crippen molar-refractivity contribution in [3.05, 3.63) is 51.8 Å². The van der Waals surface area contributed by atoms with Crippen molar-refractivity contribution < 1.29 is 14.3 Å². The summed E-state index contributed by atoms with van der Waals surface area (Å²) < 4.78 is 13.5. The molecule has 6 nitrogen and oxygen atoms in total. The first-order valence-electron chi connectivity index (χ1n) is 9.43. The summed E-state index contributed by atoms with van der Waals surface area (Å²) in [5, 5.41) is 4.70. The second kappa shape index (κ2) is 9.26. The van der Waals surface area contributed by atoms with E-state index in [2.05, 4.69) is 35.0 Å². The van der Waals surface area contributed by atoms with Crippen molar-refractivity contribution >= 4 is 23.7 Å². The van der Waals surface area contributed by atoms with Crippen LogP contribution in [0.5, 0.6) is 5.75 Å². The Balaban J connectivity index is 1.53. The zero-order valence-corrected chi connectivity index (χ0v) is 17.3. The summed E-state index contributed by atoms with van der Waals surface area (Å²) in [7, 11) is 0. The average Bonchev–Trinajstić information content (AvgIpc) is 3.25. The van der Waals surface area contributed by atoms with E-state index in [9.17, 15) is 4.79 Å². The Hall–Kier alpha value is -2.31. The zero-order chi connectivity index (χ0) is 20.1. The lowest BCUT2D eigenvalue weighted by Crippen LogP contribution is -2.24. The number of hydrogen-bond donors (Lipinski definition) is 1. The van der Waals surface area contributed by atoms with E-state index in [-0.39, 0.29) is 18.6 Å². The van der Waals surface area contributed by atoms with E-state index in [0.29, 0.717) is 10.8 Å². The standard InChI is InChI=1S/C21H26ClN3O3/c1-14-9-18(22)6-7-20(14)28-13-21(26)24-23-11-17-10-15(2)25(16(17)3)12-19-5-4-8-27-19/h6-7,9-11,19H,4-5,8,12-13H2,1-3H3,(H,24,26)/b23-11-/t19-/m0/s1. The molecule has 1 saturated heterocycles. The molecule has 0 bridgehead atoms. The molecule has 150 valence electrons. The molecule has 1 aromatic carbocycles. The predicted octanol–water partition coefficient (Wildman–Crippen LogP) is 3.77. The van der Waals surface area contributed by atoms with Gasteiger partial charge in [0.2, 0.25) is 0 Å². The maximum absolute atomic E-state index is 12.0. The molecule has 1 fully saturated rings. The summed E-state index contributed by atoms with van der Waals surface area (Å²) in [6, 6.07) is 7.33. The van der Waals surface area contributed by atoms with Crippen LogP contribution in [0.15, 0.2) is 29.4 Å². The lowest BCUT2D eigenvalue weighted by Gasteiger charge is -2.14. The molecule has 28 heavy (non-hydrogen) atoms. The molecule has 1 N–H and O–H groups in total. The van der Waals surface area contributed by atoms with Gasteiger partial charge in [0.05, 0.1) is 12.3 Å². The van der Waals surface area contributed by atoms with Crippen LogP contribution in [0.25, 0.3) is 0 Å².